The first-order valence-electron chi connectivity index (χ1n) is 21.2. The Kier molecular flexibility index (Phi) is 10.3. The molecule has 302 valence electrons. The third-order valence-corrected chi connectivity index (χ3v) is 11.8. The molecular formula is C56H42N6O. The van der Waals surface area contributed by atoms with Crippen molar-refractivity contribution in [3.05, 3.63) is 205 Å². The fourth-order valence-corrected chi connectivity index (χ4v) is 8.82. The molecule has 0 spiro atoms. The SMILES string of the molecule is CCN(CCOc1ccc(N(c2ccc(-n3c4ccccc4c4ccccc43)cc2)c2ccc(-n3c4ccccc4c4ccccc43)cc2)cc1)c1ccc(C=C(C#N)C#N)cc1. The number of aromatic nitrogens is 2. The first kappa shape index (κ1) is 38.7. The third kappa shape index (κ3) is 7.29. The van der Waals surface area contributed by atoms with Gasteiger partial charge in [0, 0.05) is 62.2 Å². The molecule has 0 saturated heterocycles. The van der Waals surface area contributed by atoms with Gasteiger partial charge in [0.15, 0.2) is 0 Å². The van der Waals surface area contributed by atoms with E-state index in [4.69, 9.17) is 15.3 Å². The Morgan fingerprint density at radius 3 is 1.27 bits per heavy atom. The van der Waals surface area contributed by atoms with E-state index in [-0.39, 0.29) is 5.57 Å². The van der Waals surface area contributed by atoms with Crippen LogP contribution in [0.2, 0.25) is 0 Å². The summed E-state index contributed by atoms with van der Waals surface area (Å²) in [6, 6.07) is 72.1. The Balaban J connectivity index is 0.953. The van der Waals surface area contributed by atoms with Gasteiger partial charge >= 0.3 is 0 Å². The quantitative estimate of drug-likeness (QED) is 0.115. The first-order chi connectivity index (χ1) is 31.1. The van der Waals surface area contributed by atoms with Gasteiger partial charge in [0.25, 0.3) is 0 Å². The zero-order valence-electron chi connectivity index (χ0n) is 34.8. The topological polar surface area (TPSA) is 73.2 Å². The highest BCUT2D eigenvalue weighted by atomic mass is 16.5. The van der Waals surface area contributed by atoms with E-state index < -0.39 is 0 Å². The van der Waals surface area contributed by atoms with E-state index in [1.807, 2.05) is 48.5 Å². The lowest BCUT2D eigenvalue weighted by Gasteiger charge is -2.26. The van der Waals surface area contributed by atoms with Crippen LogP contribution < -0.4 is 14.5 Å². The van der Waals surface area contributed by atoms with E-state index in [9.17, 15) is 0 Å². The molecule has 0 radical (unpaired) electrons. The Bertz CT molecular complexity index is 3090. The summed E-state index contributed by atoms with van der Waals surface area (Å²) in [5.74, 6) is 0.791. The van der Waals surface area contributed by atoms with Crippen molar-refractivity contribution < 1.29 is 4.74 Å². The number of ether oxygens (including phenoxy) is 1. The molecule has 0 fully saturated rings. The molecule has 7 heteroatoms. The number of nitriles is 2. The second-order valence-corrected chi connectivity index (χ2v) is 15.4. The third-order valence-electron chi connectivity index (χ3n) is 11.8. The second-order valence-electron chi connectivity index (χ2n) is 15.4. The van der Waals surface area contributed by atoms with E-state index in [0.717, 1.165) is 52.0 Å². The summed E-state index contributed by atoms with van der Waals surface area (Å²) in [4.78, 5) is 4.54. The highest BCUT2D eigenvalue weighted by Gasteiger charge is 2.17. The lowest BCUT2D eigenvalue weighted by atomic mass is 10.1. The molecule has 10 rings (SSSR count). The molecule has 2 aromatic heterocycles. The van der Waals surface area contributed by atoms with Gasteiger partial charge in [-0.05, 0) is 128 Å². The zero-order chi connectivity index (χ0) is 42.7. The summed E-state index contributed by atoms with van der Waals surface area (Å²) >= 11 is 0. The number of anilines is 4. The van der Waals surface area contributed by atoms with Crippen LogP contribution in [0.25, 0.3) is 61.1 Å². The van der Waals surface area contributed by atoms with Crippen molar-refractivity contribution in [1.82, 2.24) is 9.13 Å². The summed E-state index contributed by atoms with van der Waals surface area (Å²) in [7, 11) is 0. The van der Waals surface area contributed by atoms with Crippen molar-refractivity contribution in [1.29, 1.82) is 10.5 Å². The number of para-hydroxylation sites is 4. The van der Waals surface area contributed by atoms with Crippen LogP contribution in [0.15, 0.2) is 200 Å². The van der Waals surface area contributed by atoms with Gasteiger partial charge in [-0.25, -0.2) is 0 Å². The summed E-state index contributed by atoms with van der Waals surface area (Å²) in [5.41, 5.74) is 11.9. The van der Waals surface area contributed by atoms with Crippen LogP contribution in [-0.2, 0) is 0 Å². The summed E-state index contributed by atoms with van der Waals surface area (Å²) < 4.78 is 11.0. The molecule has 0 bridgehead atoms. The first-order valence-corrected chi connectivity index (χ1v) is 21.2. The van der Waals surface area contributed by atoms with Crippen LogP contribution in [0.5, 0.6) is 5.75 Å². The Hall–Kier alpha value is -8.52. The minimum Gasteiger partial charge on any atom is -0.492 e. The molecule has 10 aromatic rings. The molecule has 0 aliphatic carbocycles. The molecule has 2 heterocycles. The van der Waals surface area contributed by atoms with E-state index >= 15 is 0 Å². The van der Waals surface area contributed by atoms with Crippen molar-refractivity contribution in [2.75, 3.05) is 29.5 Å². The molecule has 8 aromatic carbocycles. The van der Waals surface area contributed by atoms with E-state index in [1.54, 1.807) is 6.08 Å². The van der Waals surface area contributed by atoms with Gasteiger partial charge in [-0.2, -0.15) is 10.5 Å². The largest absolute Gasteiger partial charge is 0.492 e. The predicted molar refractivity (Wildman–Crippen MR) is 259 cm³/mol. The molecule has 0 saturated carbocycles. The highest BCUT2D eigenvalue weighted by Crippen LogP contribution is 2.39. The molecule has 0 aliphatic rings. The summed E-state index contributed by atoms with van der Waals surface area (Å²) in [5, 5.41) is 23.2. The maximum absolute atomic E-state index is 9.12. The summed E-state index contributed by atoms with van der Waals surface area (Å²) in [6.45, 7) is 4.11. The number of rotatable bonds is 12. The van der Waals surface area contributed by atoms with Crippen LogP contribution in [0, 0.1) is 22.7 Å². The lowest BCUT2D eigenvalue weighted by Crippen LogP contribution is -2.28. The molecular weight excluding hydrogens is 773 g/mol. The van der Waals surface area contributed by atoms with Crippen molar-refractivity contribution >= 4 is 72.4 Å². The maximum atomic E-state index is 9.12. The van der Waals surface area contributed by atoms with Crippen molar-refractivity contribution in [3.8, 4) is 29.3 Å². The van der Waals surface area contributed by atoms with Gasteiger partial charge in [-0.1, -0.05) is 84.9 Å². The maximum Gasteiger partial charge on any atom is 0.130 e. The van der Waals surface area contributed by atoms with Crippen LogP contribution in [-0.4, -0.2) is 28.8 Å². The van der Waals surface area contributed by atoms with Crippen LogP contribution in [0.3, 0.4) is 0 Å². The van der Waals surface area contributed by atoms with Gasteiger partial charge in [-0.15, -0.1) is 0 Å². The minimum atomic E-state index is 0.0828. The highest BCUT2D eigenvalue weighted by molar-refractivity contribution is 6.10. The average Bonchev–Trinajstić information content (AvgIpc) is 3.87. The molecule has 0 N–H and O–H groups in total. The van der Waals surface area contributed by atoms with Gasteiger partial charge < -0.3 is 23.7 Å². The fraction of sp³-hybridized carbons (Fsp3) is 0.0714. The van der Waals surface area contributed by atoms with Gasteiger partial charge in [0.05, 0.1) is 28.6 Å². The van der Waals surface area contributed by atoms with Crippen molar-refractivity contribution in [2.24, 2.45) is 0 Å². The molecule has 63 heavy (non-hydrogen) atoms. The smallest absolute Gasteiger partial charge is 0.130 e. The van der Waals surface area contributed by atoms with Crippen LogP contribution >= 0.6 is 0 Å². The van der Waals surface area contributed by atoms with E-state index in [2.05, 4.69) is 184 Å². The fourth-order valence-electron chi connectivity index (χ4n) is 8.82. The Labute approximate surface area is 366 Å². The minimum absolute atomic E-state index is 0.0828. The normalized spacial score (nSPS) is 11.1. The van der Waals surface area contributed by atoms with Crippen LogP contribution in [0.4, 0.5) is 22.7 Å². The number of nitrogens with zero attached hydrogens (tertiary/aromatic N) is 6. The average molecular weight is 815 g/mol. The molecule has 0 unspecified atom stereocenters. The monoisotopic (exact) mass is 814 g/mol. The Morgan fingerprint density at radius 1 is 0.492 bits per heavy atom. The molecule has 0 atom stereocenters. The van der Waals surface area contributed by atoms with Crippen molar-refractivity contribution in [2.45, 2.75) is 6.92 Å². The molecule has 0 aliphatic heterocycles. The molecule has 0 amide bonds. The van der Waals surface area contributed by atoms with E-state index in [1.165, 1.54) is 43.6 Å². The van der Waals surface area contributed by atoms with Gasteiger partial charge in [0.1, 0.15) is 30.1 Å². The number of hydrogen-bond donors (Lipinski definition) is 0. The standard InChI is InChI=1S/C56H42N6O/c1-2-59(42-21-19-40(20-22-42)37-41(38-57)39-58)35-36-63-48-33-31-45(32-34-48)60(43-23-27-46(28-24-43)61-53-15-7-3-11-49(53)50-12-4-8-16-54(50)61)44-25-29-47(30-26-44)62-55-17-9-5-13-51(55)52-14-6-10-18-56(52)62/h3-34,37H,2,35-36H2,1H3. The molecule has 7 nitrogen and oxygen atoms in total. The Morgan fingerprint density at radius 2 is 0.873 bits per heavy atom. The number of benzene rings is 8. The number of fused-ring (bicyclic) bond motifs is 6. The van der Waals surface area contributed by atoms with Gasteiger partial charge in [-0.3, -0.25) is 0 Å². The van der Waals surface area contributed by atoms with E-state index in [0.29, 0.717) is 13.2 Å². The van der Waals surface area contributed by atoms with Crippen LogP contribution in [0.1, 0.15) is 12.5 Å². The zero-order valence-corrected chi connectivity index (χ0v) is 34.8. The number of likely N-dealkylation sites (N-methyl/N-ethyl adjacent to an activating group) is 1. The summed E-state index contributed by atoms with van der Waals surface area (Å²) in [6.07, 6.45) is 1.60. The predicted octanol–water partition coefficient (Wildman–Crippen LogP) is 13.7. The number of hydrogen-bond acceptors (Lipinski definition) is 5. The number of allylic oxidation sites excluding steroid dienone is 1. The lowest BCUT2D eigenvalue weighted by molar-refractivity contribution is 0.324. The van der Waals surface area contributed by atoms with Crippen molar-refractivity contribution in [3.63, 3.8) is 0 Å². The van der Waals surface area contributed by atoms with Gasteiger partial charge in [0.2, 0.25) is 0 Å². The second kappa shape index (κ2) is 16.9.